The summed E-state index contributed by atoms with van der Waals surface area (Å²) in [6.45, 7) is 6.87. The number of esters is 1. The Morgan fingerprint density at radius 3 is 2.36 bits per heavy atom. The number of carbonyl (C=O) groups excluding carboxylic acids is 1. The van der Waals surface area contributed by atoms with Crippen LogP contribution in [0.3, 0.4) is 0 Å². The second-order valence-electron chi connectivity index (χ2n) is 5.46. The molecule has 14 heavy (non-hydrogen) atoms. The Kier molecular flexibility index (Phi) is 3.20. The molecule has 0 heterocycles. The van der Waals surface area contributed by atoms with Crippen LogP contribution in [0.4, 0.5) is 0 Å². The molecule has 0 aromatic heterocycles. The minimum atomic E-state index is -0.655. The zero-order valence-electron chi connectivity index (χ0n) is 9.43. The fourth-order valence-electron chi connectivity index (χ4n) is 1.36. The smallest absolute Gasteiger partial charge is 0.326 e. The van der Waals surface area contributed by atoms with Crippen LogP contribution in [0.15, 0.2) is 0 Å². The molecule has 3 nitrogen and oxygen atoms in total. The lowest BCUT2D eigenvalue weighted by molar-refractivity contribution is -0.154. The first kappa shape index (κ1) is 11.5. The van der Waals surface area contributed by atoms with Crippen molar-refractivity contribution < 1.29 is 9.53 Å². The van der Waals surface area contributed by atoms with Gasteiger partial charge in [0.2, 0.25) is 0 Å². The van der Waals surface area contributed by atoms with Crippen molar-refractivity contribution in [3.63, 3.8) is 0 Å². The average molecular weight is 199 g/mol. The fourth-order valence-corrected chi connectivity index (χ4v) is 1.36. The zero-order valence-corrected chi connectivity index (χ0v) is 9.43. The van der Waals surface area contributed by atoms with Gasteiger partial charge in [-0.2, -0.15) is 0 Å². The summed E-state index contributed by atoms with van der Waals surface area (Å²) in [6.07, 6.45) is 3.49. The van der Waals surface area contributed by atoms with Gasteiger partial charge in [-0.25, -0.2) is 0 Å². The Morgan fingerprint density at radius 2 is 2.00 bits per heavy atom. The van der Waals surface area contributed by atoms with Gasteiger partial charge in [-0.1, -0.05) is 20.8 Å². The Bertz CT molecular complexity index is 214. The maximum Gasteiger partial charge on any atom is 0.326 e. The number of ether oxygens (including phenoxy) is 1. The highest BCUT2D eigenvalue weighted by Crippen LogP contribution is 2.30. The molecule has 0 aliphatic heterocycles. The topological polar surface area (TPSA) is 52.3 Å². The molecule has 0 saturated heterocycles. The number of carbonyl (C=O) groups is 1. The van der Waals surface area contributed by atoms with Crippen LogP contribution in [0.5, 0.6) is 0 Å². The highest BCUT2D eigenvalue weighted by molar-refractivity contribution is 5.81. The van der Waals surface area contributed by atoms with Gasteiger partial charge in [-0.3, -0.25) is 4.79 Å². The molecule has 1 saturated carbocycles. The summed E-state index contributed by atoms with van der Waals surface area (Å²) < 4.78 is 5.16. The lowest BCUT2D eigenvalue weighted by Gasteiger charge is -2.35. The lowest BCUT2D eigenvalue weighted by Crippen LogP contribution is -2.54. The second kappa shape index (κ2) is 3.89. The molecule has 0 aromatic rings. The van der Waals surface area contributed by atoms with Crippen molar-refractivity contribution >= 4 is 5.97 Å². The molecule has 0 aromatic carbocycles. The maximum absolute atomic E-state index is 11.5. The normalized spacial score (nSPS) is 20.0. The van der Waals surface area contributed by atoms with Gasteiger partial charge in [-0.15, -0.1) is 0 Å². The molecule has 3 heteroatoms. The summed E-state index contributed by atoms with van der Waals surface area (Å²) in [6, 6.07) is 0. The van der Waals surface area contributed by atoms with Crippen molar-refractivity contribution in [3.8, 4) is 0 Å². The third-order valence-electron chi connectivity index (χ3n) is 2.74. The molecular formula is C11H21NO2. The molecule has 82 valence electrons. The van der Waals surface area contributed by atoms with Crippen LogP contribution < -0.4 is 5.73 Å². The standard InChI is InChI=1S/C11H21NO2/c1-10(2,3)7-8-14-9(13)11(12)5-4-6-11/h4-8,12H2,1-3H3. The first-order valence-electron chi connectivity index (χ1n) is 5.30. The molecule has 0 bridgehead atoms. The Labute approximate surface area is 86.0 Å². The molecule has 0 spiro atoms. The third-order valence-corrected chi connectivity index (χ3v) is 2.74. The quantitative estimate of drug-likeness (QED) is 0.706. The van der Waals surface area contributed by atoms with E-state index in [4.69, 9.17) is 10.5 Å². The molecule has 1 rings (SSSR count). The number of hydrogen-bond acceptors (Lipinski definition) is 3. The highest BCUT2D eigenvalue weighted by atomic mass is 16.5. The highest BCUT2D eigenvalue weighted by Gasteiger charge is 2.41. The molecule has 0 amide bonds. The second-order valence-corrected chi connectivity index (χ2v) is 5.46. The van der Waals surface area contributed by atoms with Gasteiger partial charge < -0.3 is 10.5 Å². The van der Waals surface area contributed by atoms with Crippen LogP contribution in [0.2, 0.25) is 0 Å². The van der Waals surface area contributed by atoms with Crippen molar-refractivity contribution in [2.75, 3.05) is 6.61 Å². The van der Waals surface area contributed by atoms with E-state index in [0.29, 0.717) is 6.61 Å². The van der Waals surface area contributed by atoms with Crippen molar-refractivity contribution in [2.45, 2.75) is 52.0 Å². The van der Waals surface area contributed by atoms with E-state index in [-0.39, 0.29) is 11.4 Å². The van der Waals surface area contributed by atoms with E-state index in [0.717, 1.165) is 25.7 Å². The predicted molar refractivity (Wildman–Crippen MR) is 55.8 cm³/mol. The lowest BCUT2D eigenvalue weighted by atomic mass is 9.78. The van der Waals surface area contributed by atoms with E-state index in [1.54, 1.807) is 0 Å². The van der Waals surface area contributed by atoms with Gasteiger partial charge in [0, 0.05) is 0 Å². The minimum Gasteiger partial charge on any atom is -0.464 e. The van der Waals surface area contributed by atoms with Gasteiger partial charge in [0.05, 0.1) is 6.61 Å². The van der Waals surface area contributed by atoms with Crippen molar-refractivity contribution in [1.82, 2.24) is 0 Å². The van der Waals surface area contributed by atoms with Crippen LogP contribution >= 0.6 is 0 Å². The van der Waals surface area contributed by atoms with Crippen LogP contribution in [0, 0.1) is 5.41 Å². The van der Waals surface area contributed by atoms with E-state index in [9.17, 15) is 4.79 Å². The summed E-state index contributed by atoms with van der Waals surface area (Å²) >= 11 is 0. The van der Waals surface area contributed by atoms with E-state index in [2.05, 4.69) is 20.8 Å². The largest absolute Gasteiger partial charge is 0.464 e. The average Bonchev–Trinajstić information content (AvgIpc) is 1.97. The van der Waals surface area contributed by atoms with Gasteiger partial charge in [-0.05, 0) is 31.1 Å². The Balaban J connectivity index is 2.22. The number of hydrogen-bond donors (Lipinski definition) is 1. The van der Waals surface area contributed by atoms with Crippen molar-refractivity contribution in [3.05, 3.63) is 0 Å². The maximum atomic E-state index is 11.5. The van der Waals surface area contributed by atoms with E-state index in [1.165, 1.54) is 0 Å². The van der Waals surface area contributed by atoms with Crippen LogP contribution in [-0.4, -0.2) is 18.1 Å². The summed E-state index contributed by atoms with van der Waals surface area (Å²) in [5, 5.41) is 0. The van der Waals surface area contributed by atoms with Gasteiger partial charge in [0.1, 0.15) is 5.54 Å². The SMILES string of the molecule is CC(C)(C)CCOC(=O)C1(N)CCC1. The predicted octanol–water partition coefficient (Wildman–Crippen LogP) is 1.85. The molecular weight excluding hydrogens is 178 g/mol. The van der Waals surface area contributed by atoms with E-state index < -0.39 is 5.54 Å². The molecule has 0 unspecified atom stereocenters. The molecule has 0 atom stereocenters. The van der Waals surface area contributed by atoms with Crippen molar-refractivity contribution in [1.29, 1.82) is 0 Å². The number of rotatable bonds is 3. The summed E-state index contributed by atoms with van der Waals surface area (Å²) in [5.74, 6) is -0.215. The first-order chi connectivity index (χ1) is 6.33. The summed E-state index contributed by atoms with van der Waals surface area (Å²) in [7, 11) is 0. The molecule has 2 N–H and O–H groups in total. The van der Waals surface area contributed by atoms with Crippen LogP contribution in [0.1, 0.15) is 46.5 Å². The van der Waals surface area contributed by atoms with Crippen LogP contribution in [-0.2, 0) is 9.53 Å². The molecule has 1 aliphatic rings. The van der Waals surface area contributed by atoms with Gasteiger partial charge in [0.25, 0.3) is 0 Å². The summed E-state index contributed by atoms with van der Waals surface area (Å²) in [4.78, 5) is 11.5. The molecule has 0 radical (unpaired) electrons. The third kappa shape index (κ3) is 2.98. The monoisotopic (exact) mass is 199 g/mol. The van der Waals surface area contributed by atoms with E-state index >= 15 is 0 Å². The van der Waals surface area contributed by atoms with Gasteiger partial charge in [0.15, 0.2) is 0 Å². The van der Waals surface area contributed by atoms with Crippen LogP contribution in [0.25, 0.3) is 0 Å². The van der Waals surface area contributed by atoms with Gasteiger partial charge >= 0.3 is 5.97 Å². The Hall–Kier alpha value is -0.570. The first-order valence-corrected chi connectivity index (χ1v) is 5.30. The fraction of sp³-hybridized carbons (Fsp3) is 0.909. The summed E-state index contributed by atoms with van der Waals surface area (Å²) in [5.41, 5.74) is 5.38. The molecule has 1 fully saturated rings. The minimum absolute atomic E-state index is 0.210. The van der Waals surface area contributed by atoms with Crippen molar-refractivity contribution in [2.24, 2.45) is 11.1 Å². The zero-order chi connectivity index (χ0) is 10.8. The number of nitrogens with two attached hydrogens (primary N) is 1. The molecule has 1 aliphatic carbocycles. The van der Waals surface area contributed by atoms with E-state index in [1.807, 2.05) is 0 Å². The Morgan fingerprint density at radius 1 is 1.43 bits per heavy atom.